The monoisotopic (exact) mass is 128 g/mol. The Morgan fingerprint density at radius 1 is 1.89 bits per heavy atom. The third-order valence-electron chi connectivity index (χ3n) is 1.14. The van der Waals surface area contributed by atoms with Crippen molar-refractivity contribution >= 4 is 6.29 Å². The minimum Gasteiger partial charge on any atom is -0.388 e. The third kappa shape index (κ3) is 3.03. The van der Waals surface area contributed by atoms with Crippen molar-refractivity contribution < 1.29 is 9.90 Å². The van der Waals surface area contributed by atoms with Crippen molar-refractivity contribution in [1.29, 1.82) is 0 Å². The largest absolute Gasteiger partial charge is 0.388 e. The maximum Gasteiger partial charge on any atom is 0.148 e. The zero-order valence-electron chi connectivity index (χ0n) is 5.63. The summed E-state index contributed by atoms with van der Waals surface area (Å²) in [6, 6.07) is 0. The normalized spacial score (nSPS) is 12.7. The van der Waals surface area contributed by atoms with E-state index in [-0.39, 0.29) is 5.57 Å². The fourth-order valence-electron chi connectivity index (χ4n) is 0.537. The average molecular weight is 128 g/mol. The van der Waals surface area contributed by atoms with E-state index < -0.39 is 6.10 Å². The highest BCUT2D eigenvalue weighted by molar-refractivity contribution is 5.73. The second-order valence-corrected chi connectivity index (χ2v) is 2.00. The van der Waals surface area contributed by atoms with E-state index in [2.05, 4.69) is 6.58 Å². The molecule has 0 saturated carbocycles. The molecule has 9 heavy (non-hydrogen) atoms. The predicted octanol–water partition coefficient (Wildman–Crippen LogP) is 0.903. The third-order valence-corrected chi connectivity index (χ3v) is 1.14. The second-order valence-electron chi connectivity index (χ2n) is 2.00. The van der Waals surface area contributed by atoms with Crippen LogP contribution in [0.15, 0.2) is 12.2 Å². The van der Waals surface area contributed by atoms with Gasteiger partial charge in [-0.3, -0.25) is 4.79 Å². The van der Waals surface area contributed by atoms with E-state index in [1.165, 1.54) is 0 Å². The first-order chi connectivity index (χ1) is 4.22. The van der Waals surface area contributed by atoms with E-state index in [0.29, 0.717) is 12.7 Å². The van der Waals surface area contributed by atoms with E-state index in [0.717, 1.165) is 6.42 Å². The van der Waals surface area contributed by atoms with Crippen molar-refractivity contribution in [1.82, 2.24) is 0 Å². The maximum absolute atomic E-state index is 9.96. The number of hydrogen-bond acceptors (Lipinski definition) is 2. The molecule has 0 fully saturated rings. The summed E-state index contributed by atoms with van der Waals surface area (Å²) in [5.74, 6) is 0. The van der Waals surface area contributed by atoms with Gasteiger partial charge in [-0.05, 0) is 6.42 Å². The van der Waals surface area contributed by atoms with E-state index in [9.17, 15) is 4.79 Å². The van der Waals surface area contributed by atoms with Crippen molar-refractivity contribution in [3.8, 4) is 0 Å². The van der Waals surface area contributed by atoms with Crippen molar-refractivity contribution in [2.45, 2.75) is 25.9 Å². The first kappa shape index (κ1) is 8.37. The second kappa shape index (κ2) is 4.27. The Labute approximate surface area is 55.2 Å². The number of aliphatic hydroxyl groups is 1. The minimum absolute atomic E-state index is 0.275. The molecule has 0 aromatic rings. The van der Waals surface area contributed by atoms with Crippen LogP contribution in [0.25, 0.3) is 0 Å². The Hall–Kier alpha value is -0.630. The number of carbonyl (C=O) groups is 1. The molecule has 2 nitrogen and oxygen atoms in total. The molecule has 0 spiro atoms. The summed E-state index contributed by atoms with van der Waals surface area (Å²) in [7, 11) is 0. The van der Waals surface area contributed by atoms with Crippen LogP contribution in [0.5, 0.6) is 0 Å². The molecule has 1 atom stereocenters. The van der Waals surface area contributed by atoms with Gasteiger partial charge in [0.25, 0.3) is 0 Å². The molecular weight excluding hydrogens is 116 g/mol. The SMILES string of the molecule is C=C(C=O)C(O)CCC. The molecule has 0 amide bonds. The van der Waals surface area contributed by atoms with Crippen LogP contribution in [0, 0.1) is 0 Å². The highest BCUT2D eigenvalue weighted by atomic mass is 16.3. The summed E-state index contributed by atoms with van der Waals surface area (Å²) >= 11 is 0. The Bertz CT molecular complexity index is 107. The summed E-state index contributed by atoms with van der Waals surface area (Å²) in [5.41, 5.74) is 0.275. The van der Waals surface area contributed by atoms with Gasteiger partial charge >= 0.3 is 0 Å². The number of aldehydes is 1. The van der Waals surface area contributed by atoms with E-state index >= 15 is 0 Å². The van der Waals surface area contributed by atoms with Gasteiger partial charge in [0.2, 0.25) is 0 Å². The Kier molecular flexibility index (Phi) is 3.97. The van der Waals surface area contributed by atoms with Crippen molar-refractivity contribution in [2.24, 2.45) is 0 Å². The molecule has 0 bridgehead atoms. The molecule has 0 aliphatic rings. The molecule has 0 rings (SSSR count). The first-order valence-corrected chi connectivity index (χ1v) is 3.04. The number of aliphatic hydroxyl groups excluding tert-OH is 1. The standard InChI is InChI=1S/C7H12O2/c1-3-4-7(9)6(2)5-8/h5,7,9H,2-4H2,1H3. The highest BCUT2D eigenvalue weighted by Gasteiger charge is 2.04. The number of hydrogen-bond donors (Lipinski definition) is 1. The van der Waals surface area contributed by atoms with Gasteiger partial charge in [0.1, 0.15) is 6.29 Å². The van der Waals surface area contributed by atoms with Gasteiger partial charge in [-0.2, -0.15) is 0 Å². The van der Waals surface area contributed by atoms with E-state index in [1.807, 2.05) is 6.92 Å². The maximum atomic E-state index is 9.96. The predicted molar refractivity (Wildman–Crippen MR) is 36.1 cm³/mol. The van der Waals surface area contributed by atoms with Crippen LogP contribution >= 0.6 is 0 Å². The van der Waals surface area contributed by atoms with Crippen LogP contribution in [-0.4, -0.2) is 17.5 Å². The van der Waals surface area contributed by atoms with Crippen LogP contribution in [-0.2, 0) is 4.79 Å². The fourth-order valence-corrected chi connectivity index (χ4v) is 0.537. The number of rotatable bonds is 4. The van der Waals surface area contributed by atoms with Crippen LogP contribution in [0.2, 0.25) is 0 Å². The van der Waals surface area contributed by atoms with Crippen LogP contribution < -0.4 is 0 Å². The molecule has 0 heterocycles. The summed E-state index contributed by atoms with van der Waals surface area (Å²) in [6.07, 6.45) is 1.46. The van der Waals surface area contributed by atoms with Gasteiger partial charge in [0.15, 0.2) is 0 Å². The van der Waals surface area contributed by atoms with E-state index in [1.54, 1.807) is 0 Å². The van der Waals surface area contributed by atoms with Gasteiger partial charge in [-0.25, -0.2) is 0 Å². The molecule has 0 aliphatic carbocycles. The summed E-state index contributed by atoms with van der Waals surface area (Å²) in [4.78, 5) is 9.96. The molecule has 2 heteroatoms. The minimum atomic E-state index is -0.632. The molecule has 0 radical (unpaired) electrons. The van der Waals surface area contributed by atoms with Crippen molar-refractivity contribution in [3.63, 3.8) is 0 Å². The Morgan fingerprint density at radius 3 is 2.78 bits per heavy atom. The van der Waals surface area contributed by atoms with Gasteiger partial charge in [0, 0.05) is 5.57 Å². The molecule has 0 saturated heterocycles. The molecule has 1 N–H and O–H groups in total. The summed E-state index contributed by atoms with van der Waals surface area (Å²) < 4.78 is 0. The average Bonchev–Trinajstić information content (AvgIpc) is 1.87. The highest BCUT2D eigenvalue weighted by Crippen LogP contribution is 2.02. The lowest BCUT2D eigenvalue weighted by Crippen LogP contribution is -2.09. The van der Waals surface area contributed by atoms with Crippen LogP contribution in [0.3, 0.4) is 0 Å². The van der Waals surface area contributed by atoms with Gasteiger partial charge < -0.3 is 5.11 Å². The summed E-state index contributed by atoms with van der Waals surface area (Å²) in [6.45, 7) is 5.32. The van der Waals surface area contributed by atoms with E-state index in [4.69, 9.17) is 5.11 Å². The molecule has 52 valence electrons. The Morgan fingerprint density at radius 2 is 2.44 bits per heavy atom. The quantitative estimate of drug-likeness (QED) is 0.451. The van der Waals surface area contributed by atoms with Gasteiger partial charge in [-0.15, -0.1) is 0 Å². The topological polar surface area (TPSA) is 37.3 Å². The zero-order chi connectivity index (χ0) is 7.28. The van der Waals surface area contributed by atoms with Crippen molar-refractivity contribution in [2.75, 3.05) is 0 Å². The molecule has 1 unspecified atom stereocenters. The molecular formula is C7H12O2. The lowest BCUT2D eigenvalue weighted by atomic mass is 10.1. The lowest BCUT2D eigenvalue weighted by Gasteiger charge is -2.04. The van der Waals surface area contributed by atoms with Gasteiger partial charge in [-0.1, -0.05) is 19.9 Å². The molecule has 0 aliphatic heterocycles. The Balaban J connectivity index is 3.58. The van der Waals surface area contributed by atoms with Crippen LogP contribution in [0.1, 0.15) is 19.8 Å². The fraction of sp³-hybridized carbons (Fsp3) is 0.571. The lowest BCUT2D eigenvalue weighted by molar-refractivity contribution is -0.105. The van der Waals surface area contributed by atoms with Gasteiger partial charge in [0.05, 0.1) is 6.10 Å². The smallest absolute Gasteiger partial charge is 0.148 e. The van der Waals surface area contributed by atoms with Crippen molar-refractivity contribution in [3.05, 3.63) is 12.2 Å². The summed E-state index contributed by atoms with van der Waals surface area (Å²) in [5, 5.41) is 8.99. The first-order valence-electron chi connectivity index (χ1n) is 3.04. The molecule has 0 aromatic heterocycles. The van der Waals surface area contributed by atoms with Crippen LogP contribution in [0.4, 0.5) is 0 Å². The zero-order valence-corrected chi connectivity index (χ0v) is 5.63. The number of carbonyl (C=O) groups excluding carboxylic acids is 1. The molecule has 0 aromatic carbocycles.